The van der Waals surface area contributed by atoms with Crippen molar-refractivity contribution >= 4 is 29.1 Å². The Hall–Kier alpha value is -3.12. The van der Waals surface area contributed by atoms with E-state index < -0.39 is 17.8 Å². The van der Waals surface area contributed by atoms with Gasteiger partial charge in [0.2, 0.25) is 6.79 Å². The van der Waals surface area contributed by atoms with E-state index in [0.29, 0.717) is 46.2 Å². The minimum absolute atomic E-state index is 0.0120. The number of rotatable bonds is 4. The summed E-state index contributed by atoms with van der Waals surface area (Å²) >= 11 is 6.71. The molecule has 0 aromatic heterocycles. The van der Waals surface area contributed by atoms with Crippen LogP contribution in [0, 0.1) is 11.3 Å². The lowest BCUT2D eigenvalue weighted by Crippen LogP contribution is -2.39. The van der Waals surface area contributed by atoms with E-state index in [1.807, 2.05) is 37.3 Å². The van der Waals surface area contributed by atoms with Gasteiger partial charge >= 0.3 is 5.97 Å². The Morgan fingerprint density at radius 3 is 2.59 bits per heavy atom. The van der Waals surface area contributed by atoms with Crippen molar-refractivity contribution < 1.29 is 23.8 Å². The molecule has 2 atom stereocenters. The summed E-state index contributed by atoms with van der Waals surface area (Å²) in [5.41, 5.74) is 3.21. The Kier molecular flexibility index (Phi) is 5.72. The van der Waals surface area contributed by atoms with Gasteiger partial charge in [0.25, 0.3) is 0 Å². The maximum absolute atomic E-state index is 13.5. The summed E-state index contributed by atoms with van der Waals surface area (Å²) < 4.78 is 16.8. The number of carbonyl (C=O) groups is 2. The van der Waals surface area contributed by atoms with Gasteiger partial charge in [0.1, 0.15) is 12.5 Å². The molecule has 34 heavy (non-hydrogen) atoms. The molecule has 3 aliphatic rings. The fraction of sp³-hybridized carbons (Fsp3) is 0.370. The molecule has 1 aliphatic carbocycles. The highest BCUT2D eigenvalue weighted by Crippen LogP contribution is 2.51. The lowest BCUT2D eigenvalue weighted by Gasteiger charge is -2.39. The average Bonchev–Trinajstić information content (AvgIpc) is 3.23. The zero-order chi connectivity index (χ0) is 24.0. The van der Waals surface area contributed by atoms with Gasteiger partial charge in [-0.1, -0.05) is 55.8 Å². The molecule has 5 rings (SSSR count). The van der Waals surface area contributed by atoms with E-state index in [1.165, 1.54) is 0 Å². The van der Waals surface area contributed by atoms with Crippen LogP contribution in [0.4, 0.5) is 0 Å². The van der Waals surface area contributed by atoms with Crippen molar-refractivity contribution in [1.82, 2.24) is 0 Å². The first kappa shape index (κ1) is 22.7. The smallest absolute Gasteiger partial charge is 0.315 e. The largest absolute Gasteiger partial charge is 0.460 e. The van der Waals surface area contributed by atoms with Crippen molar-refractivity contribution in [2.24, 2.45) is 16.3 Å². The zero-order valence-electron chi connectivity index (χ0n) is 19.4. The second-order valence-corrected chi connectivity index (χ2v) is 10.2. The minimum atomic E-state index is -0.773. The van der Waals surface area contributed by atoms with Crippen LogP contribution in [-0.4, -0.2) is 24.3 Å². The number of carbonyl (C=O) groups excluding carboxylic acids is 2. The van der Waals surface area contributed by atoms with Gasteiger partial charge in [-0.05, 0) is 36.0 Å². The van der Waals surface area contributed by atoms with Gasteiger partial charge < -0.3 is 14.2 Å². The molecule has 0 radical (unpaired) electrons. The van der Waals surface area contributed by atoms with Crippen molar-refractivity contribution in [3.63, 3.8) is 0 Å². The molecule has 7 heteroatoms. The number of esters is 1. The Bertz CT molecular complexity index is 1230. The number of ketones is 1. The number of benzene rings is 2. The van der Waals surface area contributed by atoms with Crippen molar-refractivity contribution in [3.05, 3.63) is 69.9 Å². The molecule has 2 aliphatic heterocycles. The predicted molar refractivity (Wildman–Crippen MR) is 128 cm³/mol. The molecule has 176 valence electrons. The van der Waals surface area contributed by atoms with Gasteiger partial charge in [-0.3, -0.25) is 14.6 Å². The topological polar surface area (TPSA) is 74.2 Å². The molecule has 0 N–H and O–H groups in total. The average molecular weight is 480 g/mol. The van der Waals surface area contributed by atoms with Crippen LogP contribution in [0.1, 0.15) is 50.7 Å². The summed E-state index contributed by atoms with van der Waals surface area (Å²) in [5, 5.41) is 0.411. The van der Waals surface area contributed by atoms with Crippen LogP contribution in [-0.2, 0) is 20.9 Å². The number of halogens is 1. The molecule has 2 aromatic rings. The summed E-state index contributed by atoms with van der Waals surface area (Å²) in [7, 11) is 0. The lowest BCUT2D eigenvalue weighted by atomic mass is 9.67. The van der Waals surface area contributed by atoms with Gasteiger partial charge in [0, 0.05) is 40.4 Å². The van der Waals surface area contributed by atoms with Crippen LogP contribution in [0.25, 0.3) is 0 Å². The van der Waals surface area contributed by atoms with E-state index in [9.17, 15) is 9.59 Å². The number of hydrogen-bond donors (Lipinski definition) is 0. The molecular formula is C27H26ClNO5. The van der Waals surface area contributed by atoms with E-state index in [0.717, 1.165) is 11.3 Å². The molecule has 6 nitrogen and oxygen atoms in total. The highest BCUT2D eigenvalue weighted by Gasteiger charge is 2.47. The van der Waals surface area contributed by atoms with Crippen LogP contribution < -0.4 is 9.47 Å². The maximum Gasteiger partial charge on any atom is 0.315 e. The third-order valence-electron chi connectivity index (χ3n) is 6.61. The standard InChI is InChI=1S/C27H26ClNO5/c1-15-23(26(31)32-13-16-7-5-4-6-8-16)24(17-9-21-22(10-18(17)28)34-14-33-21)25-19(29-15)11-27(2,3)12-20(25)30/h4-10,23-24H,11-14H2,1-3H3/t23?,24-/m1/s1. The molecule has 1 unspecified atom stereocenters. The number of hydrogen-bond acceptors (Lipinski definition) is 6. The summed E-state index contributed by atoms with van der Waals surface area (Å²) in [6.45, 7) is 6.17. The van der Waals surface area contributed by atoms with Gasteiger partial charge in [-0.2, -0.15) is 0 Å². The normalized spacial score (nSPS) is 22.8. The molecule has 0 saturated heterocycles. The van der Waals surface area contributed by atoms with Crippen LogP contribution in [0.5, 0.6) is 11.5 Å². The SMILES string of the molecule is CC1=NC2=C(C(=O)CC(C)(C)C2)[C@H](c2cc3c(cc2Cl)OCO3)C1C(=O)OCc1ccccc1. The first-order chi connectivity index (χ1) is 16.2. The van der Waals surface area contributed by atoms with E-state index in [2.05, 4.69) is 13.8 Å². The monoisotopic (exact) mass is 479 g/mol. The van der Waals surface area contributed by atoms with E-state index in [-0.39, 0.29) is 24.6 Å². The maximum atomic E-state index is 13.5. The first-order valence-electron chi connectivity index (χ1n) is 11.3. The molecule has 2 heterocycles. The summed E-state index contributed by atoms with van der Waals surface area (Å²) in [6.07, 6.45) is 1.03. The van der Waals surface area contributed by atoms with Gasteiger partial charge in [0.05, 0.1) is 0 Å². The van der Waals surface area contributed by atoms with Gasteiger partial charge in [-0.25, -0.2) is 0 Å². The summed E-state index contributed by atoms with van der Waals surface area (Å²) in [4.78, 5) is 31.7. The van der Waals surface area contributed by atoms with Crippen LogP contribution in [0.2, 0.25) is 5.02 Å². The third-order valence-corrected chi connectivity index (χ3v) is 6.93. The Morgan fingerprint density at radius 2 is 1.85 bits per heavy atom. The molecule has 0 saturated carbocycles. The van der Waals surface area contributed by atoms with E-state index in [4.69, 9.17) is 30.8 Å². The molecule has 0 amide bonds. The van der Waals surface area contributed by atoms with E-state index in [1.54, 1.807) is 12.1 Å². The first-order valence-corrected chi connectivity index (χ1v) is 11.7. The molecule has 0 fully saturated rings. The number of allylic oxidation sites excluding steroid dienone is 2. The van der Waals surface area contributed by atoms with Crippen molar-refractivity contribution in [2.45, 2.75) is 46.1 Å². The second-order valence-electron chi connectivity index (χ2n) is 9.83. The highest BCUT2D eigenvalue weighted by molar-refractivity contribution is 6.32. The molecule has 2 aromatic carbocycles. The highest BCUT2D eigenvalue weighted by atomic mass is 35.5. The van der Waals surface area contributed by atoms with Crippen molar-refractivity contribution in [3.8, 4) is 11.5 Å². The second kappa shape index (κ2) is 8.58. The molecule has 0 spiro atoms. The summed E-state index contributed by atoms with van der Waals surface area (Å²) in [5.74, 6) is -0.743. The number of nitrogens with zero attached hydrogens (tertiary/aromatic N) is 1. The van der Waals surface area contributed by atoms with Gasteiger partial charge in [-0.15, -0.1) is 0 Å². The van der Waals surface area contributed by atoms with Crippen LogP contribution in [0.15, 0.2) is 58.7 Å². The quantitative estimate of drug-likeness (QED) is 0.531. The zero-order valence-corrected chi connectivity index (χ0v) is 20.1. The Balaban J connectivity index is 1.58. The Labute approximate surface area is 203 Å². The number of ether oxygens (including phenoxy) is 3. The Morgan fingerprint density at radius 1 is 1.15 bits per heavy atom. The fourth-order valence-electron chi connectivity index (χ4n) is 5.08. The predicted octanol–water partition coefficient (Wildman–Crippen LogP) is 5.63. The van der Waals surface area contributed by atoms with Crippen LogP contribution in [0.3, 0.4) is 0 Å². The van der Waals surface area contributed by atoms with Crippen molar-refractivity contribution in [1.29, 1.82) is 0 Å². The van der Waals surface area contributed by atoms with Gasteiger partial charge in [0.15, 0.2) is 17.3 Å². The number of Topliss-reactive ketones (excluding diaryl/α,β-unsaturated/α-hetero) is 1. The lowest BCUT2D eigenvalue weighted by molar-refractivity contribution is -0.148. The summed E-state index contributed by atoms with van der Waals surface area (Å²) in [6, 6.07) is 13.0. The number of fused-ring (bicyclic) bond motifs is 1. The minimum Gasteiger partial charge on any atom is -0.460 e. The van der Waals surface area contributed by atoms with E-state index >= 15 is 0 Å². The molecule has 0 bridgehead atoms. The third kappa shape index (κ3) is 4.11. The van der Waals surface area contributed by atoms with Crippen molar-refractivity contribution in [2.75, 3.05) is 6.79 Å². The molecular weight excluding hydrogens is 454 g/mol. The van der Waals surface area contributed by atoms with Crippen LogP contribution >= 0.6 is 11.6 Å². The fourth-order valence-corrected chi connectivity index (χ4v) is 5.35. The number of aliphatic imine (C=N–C) groups is 1.